The van der Waals surface area contributed by atoms with E-state index in [1.54, 1.807) is 23.4 Å². The van der Waals surface area contributed by atoms with Crippen molar-refractivity contribution in [3.63, 3.8) is 0 Å². The molecule has 3 heterocycles. The number of pyridine rings is 1. The predicted molar refractivity (Wildman–Crippen MR) is 115 cm³/mol. The van der Waals surface area contributed by atoms with Crippen LogP contribution in [-0.2, 0) is 27.2 Å². The third kappa shape index (κ3) is 3.65. The highest BCUT2D eigenvalue weighted by molar-refractivity contribution is 6.46. The van der Waals surface area contributed by atoms with Crippen molar-refractivity contribution >= 4 is 17.4 Å². The van der Waals surface area contributed by atoms with E-state index in [4.69, 9.17) is 4.74 Å². The Balaban J connectivity index is 1.59. The van der Waals surface area contributed by atoms with E-state index in [2.05, 4.69) is 4.98 Å². The van der Waals surface area contributed by atoms with Crippen molar-refractivity contribution in [2.45, 2.75) is 50.7 Å². The third-order valence-electron chi connectivity index (χ3n) is 6.59. The number of amides is 1. The molecule has 0 saturated carbocycles. The van der Waals surface area contributed by atoms with Crippen LogP contribution in [0.15, 0.2) is 48.3 Å². The Kier molecular flexibility index (Phi) is 5.32. The molecule has 3 aliphatic rings. The second-order valence-corrected chi connectivity index (χ2v) is 8.56. The Bertz CT molecular complexity index is 1040. The van der Waals surface area contributed by atoms with Crippen LogP contribution in [0.1, 0.15) is 54.0 Å². The number of likely N-dealkylation sites (tertiary alicyclic amines) is 1. The number of aromatic nitrogens is 1. The van der Waals surface area contributed by atoms with E-state index in [-0.39, 0.29) is 17.4 Å². The zero-order valence-electron chi connectivity index (χ0n) is 17.4. The minimum absolute atomic E-state index is 0.0961. The summed E-state index contributed by atoms with van der Waals surface area (Å²) < 4.78 is 5.73. The fraction of sp³-hybridized carbons (Fsp3) is 0.400. The molecule has 160 valence electrons. The van der Waals surface area contributed by atoms with Crippen LogP contribution >= 0.6 is 0 Å². The van der Waals surface area contributed by atoms with Gasteiger partial charge < -0.3 is 14.7 Å². The van der Waals surface area contributed by atoms with Crippen molar-refractivity contribution in [3.8, 4) is 0 Å². The minimum atomic E-state index is -0.672. The molecule has 5 rings (SSSR count). The first-order valence-corrected chi connectivity index (χ1v) is 11.1. The van der Waals surface area contributed by atoms with Crippen molar-refractivity contribution in [1.29, 1.82) is 0 Å². The minimum Gasteiger partial charge on any atom is -0.507 e. The van der Waals surface area contributed by atoms with E-state index in [0.717, 1.165) is 32.1 Å². The average Bonchev–Trinajstić information content (AvgIpc) is 3.41. The van der Waals surface area contributed by atoms with Gasteiger partial charge >= 0.3 is 0 Å². The van der Waals surface area contributed by atoms with Crippen LogP contribution in [0.3, 0.4) is 0 Å². The molecule has 2 unspecified atom stereocenters. The largest absolute Gasteiger partial charge is 0.507 e. The number of carbonyl (C=O) groups excluding carboxylic acids is 2. The summed E-state index contributed by atoms with van der Waals surface area (Å²) >= 11 is 0. The average molecular weight is 418 g/mol. The van der Waals surface area contributed by atoms with E-state index in [1.165, 1.54) is 17.5 Å². The van der Waals surface area contributed by atoms with Crippen LogP contribution in [0, 0.1) is 0 Å². The molecule has 1 aliphatic carbocycles. The van der Waals surface area contributed by atoms with Crippen molar-refractivity contribution in [3.05, 3.63) is 70.6 Å². The molecule has 1 amide bonds. The zero-order valence-corrected chi connectivity index (χ0v) is 17.4. The van der Waals surface area contributed by atoms with E-state index >= 15 is 0 Å². The number of benzene rings is 1. The van der Waals surface area contributed by atoms with Crippen molar-refractivity contribution in [1.82, 2.24) is 9.88 Å². The standard InChI is InChI=1S/C25H26N2O4/c28-23(18-10-9-16-5-1-2-6-17(16)13-18)21-22(19-7-3-11-26-14-19)27(25(30)24(21)29)15-20-8-4-12-31-20/h3,7,9-11,13-14,20,22,28H,1-2,4-6,8,12,15H2/b23-21-. The van der Waals surface area contributed by atoms with Gasteiger partial charge in [-0.2, -0.15) is 0 Å². The molecule has 2 fully saturated rings. The fourth-order valence-corrected chi connectivity index (χ4v) is 5.00. The van der Waals surface area contributed by atoms with Gasteiger partial charge in [0.15, 0.2) is 0 Å². The van der Waals surface area contributed by atoms with Gasteiger partial charge in [-0.3, -0.25) is 14.6 Å². The molecule has 1 N–H and O–H groups in total. The van der Waals surface area contributed by atoms with Gasteiger partial charge in [0, 0.05) is 31.1 Å². The Morgan fingerprint density at radius 2 is 1.97 bits per heavy atom. The number of fused-ring (bicyclic) bond motifs is 1. The van der Waals surface area contributed by atoms with Crippen molar-refractivity contribution in [2.24, 2.45) is 0 Å². The van der Waals surface area contributed by atoms with E-state index in [9.17, 15) is 14.7 Å². The summed E-state index contributed by atoms with van der Waals surface area (Å²) in [5, 5.41) is 11.2. The second kappa shape index (κ2) is 8.27. The lowest BCUT2D eigenvalue weighted by molar-refractivity contribution is -0.140. The Hall–Kier alpha value is -2.99. The topological polar surface area (TPSA) is 79.7 Å². The maximum atomic E-state index is 13.1. The maximum absolute atomic E-state index is 13.1. The molecule has 2 atom stereocenters. The van der Waals surface area contributed by atoms with Crippen molar-refractivity contribution in [2.75, 3.05) is 13.2 Å². The Morgan fingerprint density at radius 1 is 1.13 bits per heavy atom. The number of carbonyl (C=O) groups is 2. The molecule has 0 radical (unpaired) electrons. The first-order valence-electron chi connectivity index (χ1n) is 11.1. The van der Waals surface area contributed by atoms with Crippen molar-refractivity contribution < 1.29 is 19.4 Å². The van der Waals surface area contributed by atoms with Crippen LogP contribution in [0.25, 0.3) is 5.76 Å². The predicted octanol–water partition coefficient (Wildman–Crippen LogP) is 3.56. The monoisotopic (exact) mass is 418 g/mol. The molecular weight excluding hydrogens is 392 g/mol. The summed E-state index contributed by atoms with van der Waals surface area (Å²) in [5.41, 5.74) is 3.93. The second-order valence-electron chi connectivity index (χ2n) is 8.56. The van der Waals surface area contributed by atoms with E-state index < -0.39 is 17.7 Å². The Morgan fingerprint density at radius 3 is 2.71 bits per heavy atom. The van der Waals surface area contributed by atoms with Crippen LogP contribution in [-0.4, -0.2) is 45.9 Å². The SMILES string of the molecule is O=C1C(=O)N(CC2CCCO2)C(c2cccnc2)/C1=C(/O)c1ccc2c(c1)CCCC2. The summed E-state index contributed by atoms with van der Waals surface area (Å²) in [5.74, 6) is -1.36. The summed E-state index contributed by atoms with van der Waals surface area (Å²) in [7, 11) is 0. The molecule has 6 nitrogen and oxygen atoms in total. The highest BCUT2D eigenvalue weighted by Crippen LogP contribution is 2.40. The molecule has 2 saturated heterocycles. The molecule has 0 spiro atoms. The highest BCUT2D eigenvalue weighted by Gasteiger charge is 2.47. The van der Waals surface area contributed by atoms with E-state index in [1.807, 2.05) is 24.3 Å². The van der Waals surface area contributed by atoms with Crippen LogP contribution in [0.5, 0.6) is 0 Å². The molecular formula is C25H26N2O4. The molecule has 1 aromatic heterocycles. The zero-order chi connectivity index (χ0) is 21.4. The molecule has 2 aliphatic heterocycles. The normalized spacial score (nSPS) is 25.1. The molecule has 31 heavy (non-hydrogen) atoms. The number of aliphatic hydroxyl groups excluding tert-OH is 1. The first kappa shape index (κ1) is 19.9. The number of rotatable bonds is 4. The lowest BCUT2D eigenvalue weighted by Gasteiger charge is -2.27. The quantitative estimate of drug-likeness (QED) is 0.467. The number of Topliss-reactive ketones (excluding diaryl/α,β-unsaturated/α-hetero) is 1. The van der Waals surface area contributed by atoms with E-state index in [0.29, 0.717) is 24.3 Å². The van der Waals surface area contributed by atoms with Gasteiger partial charge in [-0.05, 0) is 67.3 Å². The number of hydrogen-bond donors (Lipinski definition) is 1. The van der Waals surface area contributed by atoms with Crippen LogP contribution in [0.2, 0.25) is 0 Å². The van der Waals surface area contributed by atoms with Gasteiger partial charge in [0.25, 0.3) is 11.7 Å². The molecule has 1 aromatic carbocycles. The fourth-order valence-electron chi connectivity index (χ4n) is 5.00. The van der Waals surface area contributed by atoms with Gasteiger partial charge in [0.05, 0.1) is 17.7 Å². The maximum Gasteiger partial charge on any atom is 0.295 e. The van der Waals surface area contributed by atoms with Gasteiger partial charge in [-0.25, -0.2) is 0 Å². The number of nitrogens with zero attached hydrogens (tertiary/aromatic N) is 2. The first-order chi connectivity index (χ1) is 15.1. The number of ether oxygens (including phenoxy) is 1. The number of aliphatic hydroxyl groups is 1. The third-order valence-corrected chi connectivity index (χ3v) is 6.59. The summed E-state index contributed by atoms with van der Waals surface area (Å²) in [6.07, 6.45) is 9.31. The Labute approximate surface area is 181 Å². The van der Waals surface area contributed by atoms with Gasteiger partial charge in [-0.1, -0.05) is 18.2 Å². The summed E-state index contributed by atoms with van der Waals surface area (Å²) in [6, 6.07) is 8.80. The summed E-state index contributed by atoms with van der Waals surface area (Å²) in [4.78, 5) is 31.8. The number of ketones is 1. The van der Waals surface area contributed by atoms with Gasteiger partial charge in [-0.15, -0.1) is 0 Å². The van der Waals surface area contributed by atoms with Gasteiger partial charge in [0.2, 0.25) is 0 Å². The van der Waals surface area contributed by atoms with Crippen LogP contribution in [0.4, 0.5) is 0 Å². The number of hydrogen-bond acceptors (Lipinski definition) is 5. The molecule has 2 aromatic rings. The lowest BCUT2D eigenvalue weighted by Crippen LogP contribution is -2.36. The van der Waals surface area contributed by atoms with Crippen LogP contribution < -0.4 is 0 Å². The molecule has 6 heteroatoms. The molecule has 0 bridgehead atoms. The number of aryl methyl sites for hydroxylation is 2. The summed E-state index contributed by atoms with van der Waals surface area (Å²) in [6.45, 7) is 0.992. The lowest BCUT2D eigenvalue weighted by atomic mass is 9.89. The highest BCUT2D eigenvalue weighted by atomic mass is 16.5. The van der Waals surface area contributed by atoms with Gasteiger partial charge in [0.1, 0.15) is 5.76 Å². The smallest absolute Gasteiger partial charge is 0.295 e.